The van der Waals surface area contributed by atoms with E-state index in [-0.39, 0.29) is 0 Å². The summed E-state index contributed by atoms with van der Waals surface area (Å²) in [5.74, 6) is 0. The van der Waals surface area contributed by atoms with Crippen molar-refractivity contribution in [3.63, 3.8) is 0 Å². The van der Waals surface area contributed by atoms with Gasteiger partial charge in [0, 0.05) is 0 Å². The minimum absolute atomic E-state index is 0.683. The number of ether oxygens (including phenoxy) is 1. The highest BCUT2D eigenvalue weighted by Crippen LogP contribution is 2.21. The Kier molecular flexibility index (Phi) is 3.78. The average molecular weight is 210 g/mol. The fraction of sp³-hybridized carbons (Fsp3) is 1.00. The van der Waals surface area contributed by atoms with E-state index in [1.807, 2.05) is 0 Å². The topological polar surface area (TPSA) is 131 Å². The van der Waals surface area contributed by atoms with Crippen molar-refractivity contribution in [2.75, 3.05) is 6.61 Å². The summed E-state index contributed by atoms with van der Waals surface area (Å²) < 4.78 is 4.62. The summed E-state index contributed by atoms with van der Waals surface area (Å²) in [6.45, 7) is -0.683. The third-order valence-corrected chi connectivity index (χ3v) is 2.19. The predicted octanol–water partition coefficient (Wildman–Crippen LogP) is -3.86. The van der Waals surface area contributed by atoms with Crippen LogP contribution in [0.4, 0.5) is 0 Å². The minimum Gasteiger partial charge on any atom is -0.394 e. The Labute approximate surface area is 79.8 Å². The highest BCUT2D eigenvalue weighted by atomic mass is 16.6. The lowest BCUT2D eigenvalue weighted by atomic mass is 9.96. The Morgan fingerprint density at radius 1 is 1.00 bits per heavy atom. The van der Waals surface area contributed by atoms with Gasteiger partial charge in [0.05, 0.1) is 6.61 Å². The predicted molar refractivity (Wildman–Crippen MR) is 42.0 cm³/mol. The first-order valence-electron chi connectivity index (χ1n) is 4.15. The molecule has 0 spiro atoms. The third-order valence-electron chi connectivity index (χ3n) is 2.19. The SMILES string of the molecule is OC[C@H](O)[C@H]1O[C@@H](O)[C@@H](O)[C@H](O)[C@H]1O. The monoisotopic (exact) mass is 210 g/mol. The minimum atomic E-state index is -1.69. The molecule has 0 radical (unpaired) electrons. The summed E-state index contributed by atoms with van der Waals surface area (Å²) in [4.78, 5) is 0. The number of rotatable bonds is 2. The lowest BCUT2D eigenvalue weighted by molar-refractivity contribution is -0.298. The smallest absolute Gasteiger partial charge is 0.184 e. The maximum Gasteiger partial charge on any atom is 0.184 e. The van der Waals surface area contributed by atoms with Gasteiger partial charge in [-0.3, -0.25) is 0 Å². The molecule has 1 aliphatic heterocycles. The summed E-state index contributed by atoms with van der Waals surface area (Å²) in [6, 6.07) is 0. The molecule has 1 fully saturated rings. The Hall–Kier alpha value is -0.280. The van der Waals surface area contributed by atoms with Gasteiger partial charge >= 0.3 is 0 Å². The fourth-order valence-corrected chi connectivity index (χ4v) is 1.31. The summed E-state index contributed by atoms with van der Waals surface area (Å²) in [5, 5.41) is 54.3. The highest BCUT2D eigenvalue weighted by molar-refractivity contribution is 4.91. The van der Waals surface area contributed by atoms with Crippen molar-refractivity contribution in [1.82, 2.24) is 0 Å². The highest BCUT2D eigenvalue weighted by Gasteiger charge is 2.45. The van der Waals surface area contributed by atoms with Crippen LogP contribution in [0, 0.1) is 0 Å². The van der Waals surface area contributed by atoms with Gasteiger partial charge in [-0.15, -0.1) is 0 Å². The van der Waals surface area contributed by atoms with Crippen LogP contribution in [0.3, 0.4) is 0 Å². The average Bonchev–Trinajstić information content (AvgIpc) is 2.19. The Balaban J connectivity index is 2.70. The van der Waals surface area contributed by atoms with Crippen molar-refractivity contribution in [2.24, 2.45) is 0 Å². The number of aliphatic hydroxyl groups is 6. The molecule has 7 nitrogen and oxygen atoms in total. The zero-order valence-electron chi connectivity index (χ0n) is 7.26. The maximum absolute atomic E-state index is 9.31. The van der Waals surface area contributed by atoms with E-state index in [0.717, 1.165) is 0 Å². The Morgan fingerprint density at radius 2 is 1.57 bits per heavy atom. The zero-order chi connectivity index (χ0) is 10.9. The molecule has 84 valence electrons. The van der Waals surface area contributed by atoms with Crippen molar-refractivity contribution < 1.29 is 35.4 Å². The van der Waals surface area contributed by atoms with E-state index in [1.54, 1.807) is 0 Å². The second-order valence-corrected chi connectivity index (χ2v) is 3.21. The van der Waals surface area contributed by atoms with Gasteiger partial charge in [-0.05, 0) is 0 Å². The van der Waals surface area contributed by atoms with E-state index in [2.05, 4.69) is 4.74 Å². The molecule has 0 bridgehead atoms. The van der Waals surface area contributed by atoms with E-state index < -0.39 is 43.4 Å². The molecule has 0 amide bonds. The van der Waals surface area contributed by atoms with Crippen LogP contribution in [0.15, 0.2) is 0 Å². The van der Waals surface area contributed by atoms with Gasteiger partial charge in [0.1, 0.15) is 30.5 Å². The second-order valence-electron chi connectivity index (χ2n) is 3.21. The van der Waals surface area contributed by atoms with E-state index in [4.69, 9.17) is 20.4 Å². The standard InChI is InChI=1S/C7H14O7/c8-1-2(9)6-4(11)3(10)5(12)7(13)14-6/h2-13H,1H2/t2-,3+,4+,5-,6+,7+/m0/s1. The van der Waals surface area contributed by atoms with E-state index in [0.29, 0.717) is 0 Å². The van der Waals surface area contributed by atoms with Crippen LogP contribution < -0.4 is 0 Å². The molecule has 7 heteroatoms. The van der Waals surface area contributed by atoms with Gasteiger partial charge in [-0.2, -0.15) is 0 Å². The van der Waals surface area contributed by atoms with Crippen LogP contribution in [-0.4, -0.2) is 74.1 Å². The van der Waals surface area contributed by atoms with Crippen molar-refractivity contribution in [1.29, 1.82) is 0 Å². The van der Waals surface area contributed by atoms with Gasteiger partial charge in [0.25, 0.3) is 0 Å². The van der Waals surface area contributed by atoms with Crippen LogP contribution in [0.25, 0.3) is 0 Å². The lowest BCUT2D eigenvalue weighted by Crippen LogP contribution is -2.61. The number of hydrogen-bond acceptors (Lipinski definition) is 7. The first-order valence-corrected chi connectivity index (χ1v) is 4.15. The van der Waals surface area contributed by atoms with E-state index in [1.165, 1.54) is 0 Å². The molecule has 1 rings (SSSR count). The van der Waals surface area contributed by atoms with Gasteiger partial charge in [-0.25, -0.2) is 0 Å². The Morgan fingerprint density at radius 3 is 2.07 bits per heavy atom. The van der Waals surface area contributed by atoms with Gasteiger partial charge in [-0.1, -0.05) is 0 Å². The van der Waals surface area contributed by atoms with Crippen LogP contribution in [0.5, 0.6) is 0 Å². The lowest BCUT2D eigenvalue weighted by Gasteiger charge is -2.39. The molecule has 0 saturated carbocycles. The molecule has 1 heterocycles. The molecule has 14 heavy (non-hydrogen) atoms. The molecular formula is C7H14O7. The van der Waals surface area contributed by atoms with E-state index >= 15 is 0 Å². The fourth-order valence-electron chi connectivity index (χ4n) is 1.31. The Bertz CT molecular complexity index is 187. The summed E-state index contributed by atoms with van der Waals surface area (Å²) in [5.41, 5.74) is 0. The zero-order valence-corrected chi connectivity index (χ0v) is 7.26. The van der Waals surface area contributed by atoms with Crippen molar-refractivity contribution in [3.8, 4) is 0 Å². The first-order chi connectivity index (χ1) is 6.49. The molecule has 1 aliphatic rings. The largest absolute Gasteiger partial charge is 0.394 e. The molecule has 0 aromatic rings. The van der Waals surface area contributed by atoms with Gasteiger partial charge < -0.3 is 35.4 Å². The summed E-state index contributed by atoms with van der Waals surface area (Å²) in [7, 11) is 0. The third kappa shape index (κ3) is 2.04. The molecule has 6 atom stereocenters. The maximum atomic E-state index is 9.31. The summed E-state index contributed by atoms with van der Waals surface area (Å²) in [6.07, 6.45) is -9.26. The van der Waals surface area contributed by atoms with Crippen LogP contribution in [-0.2, 0) is 4.74 Å². The molecule has 0 aromatic carbocycles. The van der Waals surface area contributed by atoms with Gasteiger partial charge in [0.2, 0.25) is 0 Å². The molecule has 0 aromatic heterocycles. The molecule has 0 unspecified atom stereocenters. The molecule has 6 N–H and O–H groups in total. The van der Waals surface area contributed by atoms with Gasteiger partial charge in [0.15, 0.2) is 6.29 Å². The molecule has 0 aliphatic carbocycles. The van der Waals surface area contributed by atoms with E-state index in [9.17, 15) is 10.2 Å². The summed E-state index contributed by atoms with van der Waals surface area (Å²) >= 11 is 0. The van der Waals surface area contributed by atoms with Crippen LogP contribution in [0.2, 0.25) is 0 Å². The normalized spacial score (nSPS) is 46.3. The molecule has 1 saturated heterocycles. The molecular weight excluding hydrogens is 196 g/mol. The number of aliphatic hydroxyl groups excluding tert-OH is 6. The van der Waals surface area contributed by atoms with Crippen LogP contribution >= 0.6 is 0 Å². The van der Waals surface area contributed by atoms with Crippen LogP contribution in [0.1, 0.15) is 0 Å². The van der Waals surface area contributed by atoms with Crippen molar-refractivity contribution >= 4 is 0 Å². The quantitative estimate of drug-likeness (QED) is 0.275. The second kappa shape index (κ2) is 4.49. The first kappa shape index (κ1) is 11.8. The number of hydrogen-bond donors (Lipinski definition) is 6. The van der Waals surface area contributed by atoms with Crippen molar-refractivity contribution in [2.45, 2.75) is 36.8 Å². The van der Waals surface area contributed by atoms with Crippen molar-refractivity contribution in [3.05, 3.63) is 0 Å².